The molecule has 4 rings (SSSR count). The van der Waals surface area contributed by atoms with Gasteiger partial charge in [-0.05, 0) is 61.6 Å². The van der Waals surface area contributed by atoms with E-state index in [1.807, 2.05) is 30.9 Å². The highest BCUT2D eigenvalue weighted by molar-refractivity contribution is 5.69. The van der Waals surface area contributed by atoms with Crippen LogP contribution >= 0.6 is 0 Å². The normalized spacial score (nSPS) is 11.0. The van der Waals surface area contributed by atoms with Crippen molar-refractivity contribution in [2.75, 3.05) is 0 Å². The van der Waals surface area contributed by atoms with Gasteiger partial charge in [-0.2, -0.15) is 0 Å². The molecule has 0 aliphatic heterocycles. The Morgan fingerprint density at radius 1 is 1.00 bits per heavy atom. The van der Waals surface area contributed by atoms with Crippen molar-refractivity contribution in [2.45, 2.75) is 27.2 Å². The third-order valence-corrected chi connectivity index (χ3v) is 4.80. The second kappa shape index (κ2) is 6.64. The molecule has 2 heterocycles. The Labute approximate surface area is 153 Å². The van der Waals surface area contributed by atoms with Crippen LogP contribution in [-0.4, -0.2) is 14.7 Å². The number of aromatic nitrogens is 3. The highest BCUT2D eigenvalue weighted by atomic mass is 16.5. The first-order chi connectivity index (χ1) is 12.6. The van der Waals surface area contributed by atoms with E-state index in [-0.39, 0.29) is 0 Å². The summed E-state index contributed by atoms with van der Waals surface area (Å²) in [5, 5.41) is 4.08. The van der Waals surface area contributed by atoms with Crippen molar-refractivity contribution in [3.8, 4) is 16.8 Å². The molecule has 0 aliphatic carbocycles. The zero-order valence-electron chi connectivity index (χ0n) is 15.2. The van der Waals surface area contributed by atoms with Crippen molar-refractivity contribution in [3.63, 3.8) is 0 Å². The second-order valence-corrected chi connectivity index (χ2v) is 6.65. The maximum Gasteiger partial charge on any atom is 0.141 e. The lowest BCUT2D eigenvalue weighted by molar-refractivity contribution is 0.393. The molecule has 4 nitrogen and oxygen atoms in total. The zero-order chi connectivity index (χ0) is 18.1. The number of aryl methyl sites for hydroxylation is 3. The summed E-state index contributed by atoms with van der Waals surface area (Å²) in [4.78, 5) is 4.10. The molecule has 0 fully saturated rings. The van der Waals surface area contributed by atoms with Crippen LogP contribution in [0.2, 0.25) is 0 Å². The second-order valence-electron chi connectivity index (χ2n) is 6.65. The van der Waals surface area contributed by atoms with Crippen LogP contribution in [0.3, 0.4) is 0 Å². The predicted molar refractivity (Wildman–Crippen MR) is 103 cm³/mol. The van der Waals surface area contributed by atoms with Crippen LogP contribution in [0.1, 0.15) is 28.1 Å². The molecule has 26 heavy (non-hydrogen) atoms. The van der Waals surface area contributed by atoms with Gasteiger partial charge < -0.3 is 9.09 Å². The third kappa shape index (κ3) is 3.06. The fourth-order valence-corrected chi connectivity index (χ4v) is 3.33. The van der Waals surface area contributed by atoms with Crippen molar-refractivity contribution in [3.05, 3.63) is 89.3 Å². The number of hydrogen-bond acceptors (Lipinski definition) is 3. The first kappa shape index (κ1) is 16.3. The highest BCUT2D eigenvalue weighted by Gasteiger charge is 2.13. The summed E-state index contributed by atoms with van der Waals surface area (Å²) in [6, 6.07) is 15.2. The minimum atomic E-state index is 0.863. The quantitative estimate of drug-likeness (QED) is 0.521. The minimum Gasteiger partial charge on any atom is -0.361 e. The van der Waals surface area contributed by atoms with Crippen molar-refractivity contribution in [1.29, 1.82) is 0 Å². The van der Waals surface area contributed by atoms with Crippen LogP contribution in [0.5, 0.6) is 0 Å². The number of benzene rings is 2. The van der Waals surface area contributed by atoms with Crippen LogP contribution in [-0.2, 0) is 6.42 Å². The summed E-state index contributed by atoms with van der Waals surface area (Å²) in [6.45, 7) is 6.11. The summed E-state index contributed by atoms with van der Waals surface area (Å²) in [5.74, 6) is 0.863. The van der Waals surface area contributed by atoms with Crippen LogP contribution in [0.25, 0.3) is 16.8 Å². The lowest BCUT2D eigenvalue weighted by Crippen LogP contribution is -1.95. The molecule has 0 saturated heterocycles. The van der Waals surface area contributed by atoms with Gasteiger partial charge in [0.15, 0.2) is 0 Å². The molecule has 0 aliphatic rings. The number of nitrogens with zero attached hydrogens (tertiary/aromatic N) is 3. The van der Waals surface area contributed by atoms with E-state index in [0.29, 0.717) is 0 Å². The van der Waals surface area contributed by atoms with Crippen LogP contribution < -0.4 is 0 Å². The molecule has 0 amide bonds. The van der Waals surface area contributed by atoms with Gasteiger partial charge in [0.1, 0.15) is 5.76 Å². The van der Waals surface area contributed by atoms with Gasteiger partial charge in [0, 0.05) is 23.6 Å². The fraction of sp³-hybridized carbons (Fsp3) is 0.182. The van der Waals surface area contributed by atoms with Gasteiger partial charge in [-0.3, -0.25) is 0 Å². The molecule has 130 valence electrons. The molecule has 0 saturated carbocycles. The molecular weight excluding hydrogens is 322 g/mol. The molecule has 4 aromatic rings. The van der Waals surface area contributed by atoms with E-state index in [1.165, 1.54) is 16.7 Å². The Balaban J connectivity index is 1.63. The van der Waals surface area contributed by atoms with E-state index in [9.17, 15) is 0 Å². The van der Waals surface area contributed by atoms with Gasteiger partial charge in [0.05, 0.1) is 12.0 Å². The summed E-state index contributed by atoms with van der Waals surface area (Å²) in [5.41, 5.74) is 8.21. The van der Waals surface area contributed by atoms with Crippen molar-refractivity contribution in [1.82, 2.24) is 14.7 Å². The predicted octanol–water partition coefficient (Wildman–Crippen LogP) is 5.04. The van der Waals surface area contributed by atoms with Gasteiger partial charge in [0.2, 0.25) is 0 Å². The van der Waals surface area contributed by atoms with E-state index in [1.54, 1.807) is 6.20 Å². The molecule has 0 unspecified atom stereocenters. The van der Waals surface area contributed by atoms with E-state index >= 15 is 0 Å². The van der Waals surface area contributed by atoms with E-state index in [0.717, 1.165) is 34.7 Å². The molecule has 0 N–H and O–H groups in total. The maximum atomic E-state index is 5.33. The topological polar surface area (TPSA) is 43.9 Å². The van der Waals surface area contributed by atoms with Crippen LogP contribution in [0, 0.1) is 20.8 Å². The molecule has 0 atom stereocenters. The lowest BCUT2D eigenvalue weighted by Gasteiger charge is -2.10. The smallest absolute Gasteiger partial charge is 0.141 e. The van der Waals surface area contributed by atoms with Crippen molar-refractivity contribution in [2.24, 2.45) is 0 Å². The first-order valence-electron chi connectivity index (χ1n) is 8.72. The lowest BCUT2D eigenvalue weighted by atomic mass is 9.95. The summed E-state index contributed by atoms with van der Waals surface area (Å²) in [6.07, 6.45) is 6.45. The molecule has 0 spiro atoms. The number of imidazole rings is 1. The SMILES string of the molecule is Cc1ccc(-c2c(C)noc2C)cc1Cc1ccc(-n2ccnc2)cc1. The highest BCUT2D eigenvalue weighted by Crippen LogP contribution is 2.29. The molecule has 0 bridgehead atoms. The molecule has 2 aromatic heterocycles. The standard InChI is InChI=1S/C22H21N3O/c1-15-4-7-19(22-16(2)24-26-17(22)3)13-20(15)12-18-5-8-21(9-6-18)25-11-10-23-14-25/h4-11,13-14H,12H2,1-3H3. The molecule has 4 heteroatoms. The Hall–Kier alpha value is -3.14. The Morgan fingerprint density at radius 3 is 2.46 bits per heavy atom. The van der Waals surface area contributed by atoms with Gasteiger partial charge >= 0.3 is 0 Å². The summed E-state index contributed by atoms with van der Waals surface area (Å²) in [7, 11) is 0. The Bertz CT molecular complexity index is 1010. The van der Waals surface area contributed by atoms with Crippen LogP contribution in [0.15, 0.2) is 65.7 Å². The maximum absolute atomic E-state index is 5.33. The number of hydrogen-bond donors (Lipinski definition) is 0. The number of rotatable bonds is 4. The monoisotopic (exact) mass is 343 g/mol. The van der Waals surface area contributed by atoms with Gasteiger partial charge in [0.25, 0.3) is 0 Å². The third-order valence-electron chi connectivity index (χ3n) is 4.80. The van der Waals surface area contributed by atoms with Gasteiger partial charge in [-0.1, -0.05) is 35.5 Å². The Kier molecular flexibility index (Phi) is 4.17. The zero-order valence-corrected chi connectivity index (χ0v) is 15.2. The molecular formula is C22H21N3O. The average molecular weight is 343 g/mol. The fourth-order valence-electron chi connectivity index (χ4n) is 3.33. The minimum absolute atomic E-state index is 0.863. The largest absolute Gasteiger partial charge is 0.361 e. The van der Waals surface area contributed by atoms with E-state index < -0.39 is 0 Å². The molecule has 2 aromatic carbocycles. The Morgan fingerprint density at radius 2 is 1.81 bits per heavy atom. The van der Waals surface area contributed by atoms with Crippen molar-refractivity contribution >= 4 is 0 Å². The van der Waals surface area contributed by atoms with E-state index in [2.05, 4.69) is 59.5 Å². The van der Waals surface area contributed by atoms with Crippen molar-refractivity contribution < 1.29 is 4.52 Å². The van der Waals surface area contributed by atoms with Gasteiger partial charge in [-0.25, -0.2) is 4.98 Å². The average Bonchev–Trinajstić information content (AvgIpc) is 3.28. The van der Waals surface area contributed by atoms with Crippen LogP contribution in [0.4, 0.5) is 0 Å². The van der Waals surface area contributed by atoms with Gasteiger partial charge in [-0.15, -0.1) is 0 Å². The first-order valence-corrected chi connectivity index (χ1v) is 8.72. The summed E-state index contributed by atoms with van der Waals surface area (Å²) >= 11 is 0. The molecule has 0 radical (unpaired) electrons. The summed E-state index contributed by atoms with van der Waals surface area (Å²) < 4.78 is 7.34. The van der Waals surface area contributed by atoms with E-state index in [4.69, 9.17) is 4.52 Å².